The summed E-state index contributed by atoms with van der Waals surface area (Å²) in [5, 5.41) is 0. The SMILES string of the molecule is CCC1Cc2cc(OC)ccc2N(C(=O)C2CCC2)C1. The molecule has 3 rings (SSSR count). The Hall–Kier alpha value is -1.51. The molecule has 1 amide bonds. The minimum absolute atomic E-state index is 0.264. The fraction of sp³-hybridized carbons (Fsp3) is 0.588. The van der Waals surface area contributed by atoms with E-state index in [4.69, 9.17) is 4.74 Å². The second kappa shape index (κ2) is 5.47. The minimum Gasteiger partial charge on any atom is -0.497 e. The average Bonchev–Trinajstić information content (AvgIpc) is 2.43. The fourth-order valence-corrected chi connectivity index (χ4v) is 3.21. The molecule has 2 aliphatic rings. The maximum Gasteiger partial charge on any atom is 0.230 e. The lowest BCUT2D eigenvalue weighted by molar-refractivity contribution is -0.124. The Labute approximate surface area is 120 Å². The molecule has 3 heteroatoms. The Bertz CT molecular complexity index is 508. The maximum atomic E-state index is 12.7. The molecule has 0 radical (unpaired) electrons. The van der Waals surface area contributed by atoms with E-state index >= 15 is 0 Å². The highest BCUT2D eigenvalue weighted by Gasteiger charge is 2.34. The van der Waals surface area contributed by atoms with Crippen molar-refractivity contribution in [3.63, 3.8) is 0 Å². The first kappa shape index (κ1) is 13.5. The zero-order chi connectivity index (χ0) is 14.1. The second-order valence-electron chi connectivity index (χ2n) is 6.05. The number of hydrogen-bond acceptors (Lipinski definition) is 2. The van der Waals surface area contributed by atoms with E-state index in [2.05, 4.69) is 19.1 Å². The van der Waals surface area contributed by atoms with Gasteiger partial charge in [0.15, 0.2) is 0 Å². The van der Waals surface area contributed by atoms with Crippen molar-refractivity contribution in [2.75, 3.05) is 18.6 Å². The van der Waals surface area contributed by atoms with Crippen molar-refractivity contribution in [1.29, 1.82) is 0 Å². The molecule has 1 saturated carbocycles. The van der Waals surface area contributed by atoms with Gasteiger partial charge in [0.05, 0.1) is 7.11 Å². The van der Waals surface area contributed by atoms with Crippen molar-refractivity contribution in [3.05, 3.63) is 23.8 Å². The van der Waals surface area contributed by atoms with E-state index in [-0.39, 0.29) is 5.92 Å². The van der Waals surface area contributed by atoms with Gasteiger partial charge in [-0.3, -0.25) is 4.79 Å². The van der Waals surface area contributed by atoms with Crippen molar-refractivity contribution < 1.29 is 9.53 Å². The van der Waals surface area contributed by atoms with Crippen LogP contribution in [0.1, 0.15) is 38.2 Å². The molecule has 1 aromatic rings. The lowest BCUT2D eigenvalue weighted by Crippen LogP contribution is -2.44. The molecule has 0 saturated heterocycles. The molecule has 1 unspecified atom stereocenters. The number of fused-ring (bicyclic) bond motifs is 1. The molecular formula is C17H23NO2. The largest absolute Gasteiger partial charge is 0.497 e. The summed E-state index contributed by atoms with van der Waals surface area (Å²) in [5.74, 6) is 2.05. The molecule has 1 aliphatic heterocycles. The minimum atomic E-state index is 0.264. The highest BCUT2D eigenvalue weighted by atomic mass is 16.5. The molecule has 0 N–H and O–H groups in total. The molecule has 1 aliphatic carbocycles. The standard InChI is InChI=1S/C17H23NO2/c1-3-12-9-14-10-15(20-2)7-8-16(14)18(11-12)17(19)13-5-4-6-13/h7-8,10,12-13H,3-6,9,11H2,1-2H3. The van der Waals surface area contributed by atoms with Crippen LogP contribution in [0.5, 0.6) is 5.75 Å². The normalized spacial score (nSPS) is 22.1. The maximum absolute atomic E-state index is 12.7. The van der Waals surface area contributed by atoms with Crippen LogP contribution in [-0.2, 0) is 11.2 Å². The predicted octanol–water partition coefficient (Wildman–Crippen LogP) is 3.41. The molecule has 0 spiro atoms. The molecule has 3 nitrogen and oxygen atoms in total. The molecule has 0 aromatic heterocycles. The van der Waals surface area contributed by atoms with Gasteiger partial charge in [0.2, 0.25) is 5.91 Å². The van der Waals surface area contributed by atoms with E-state index in [9.17, 15) is 4.79 Å². The topological polar surface area (TPSA) is 29.5 Å². The van der Waals surface area contributed by atoms with Crippen molar-refractivity contribution in [2.45, 2.75) is 39.0 Å². The number of nitrogens with zero attached hydrogens (tertiary/aromatic N) is 1. The Morgan fingerprint density at radius 3 is 2.80 bits per heavy atom. The number of amides is 1. The van der Waals surface area contributed by atoms with E-state index in [0.717, 1.165) is 43.7 Å². The van der Waals surface area contributed by atoms with E-state index in [1.54, 1.807) is 7.11 Å². The van der Waals surface area contributed by atoms with Crippen molar-refractivity contribution in [3.8, 4) is 5.75 Å². The Kier molecular flexibility index (Phi) is 3.68. The fourth-order valence-electron chi connectivity index (χ4n) is 3.21. The predicted molar refractivity (Wildman–Crippen MR) is 80.2 cm³/mol. The van der Waals surface area contributed by atoms with Gasteiger partial charge in [-0.25, -0.2) is 0 Å². The van der Waals surface area contributed by atoms with Crippen molar-refractivity contribution in [1.82, 2.24) is 0 Å². The van der Waals surface area contributed by atoms with Gasteiger partial charge in [-0.2, -0.15) is 0 Å². The first-order valence-corrected chi connectivity index (χ1v) is 7.71. The van der Waals surface area contributed by atoms with Crippen LogP contribution in [0.3, 0.4) is 0 Å². The number of ether oxygens (including phenoxy) is 1. The van der Waals surface area contributed by atoms with Gasteiger partial charge in [-0.1, -0.05) is 19.8 Å². The van der Waals surface area contributed by atoms with Crippen LogP contribution in [0.2, 0.25) is 0 Å². The Morgan fingerprint density at radius 2 is 2.20 bits per heavy atom. The molecular weight excluding hydrogens is 250 g/mol. The zero-order valence-electron chi connectivity index (χ0n) is 12.4. The molecule has 1 atom stereocenters. The molecule has 1 fully saturated rings. The highest BCUT2D eigenvalue weighted by molar-refractivity contribution is 5.96. The zero-order valence-corrected chi connectivity index (χ0v) is 12.4. The van der Waals surface area contributed by atoms with E-state index < -0.39 is 0 Å². The number of methoxy groups -OCH3 is 1. The average molecular weight is 273 g/mol. The van der Waals surface area contributed by atoms with Gasteiger partial charge in [0, 0.05) is 18.2 Å². The van der Waals surface area contributed by atoms with Gasteiger partial charge >= 0.3 is 0 Å². The van der Waals surface area contributed by atoms with Crippen LogP contribution >= 0.6 is 0 Å². The highest BCUT2D eigenvalue weighted by Crippen LogP contribution is 2.37. The van der Waals surface area contributed by atoms with Crippen LogP contribution in [-0.4, -0.2) is 19.6 Å². The Morgan fingerprint density at radius 1 is 1.40 bits per heavy atom. The number of carbonyl (C=O) groups is 1. The molecule has 0 bridgehead atoms. The third-order valence-corrected chi connectivity index (χ3v) is 4.82. The van der Waals surface area contributed by atoms with Crippen LogP contribution in [0.4, 0.5) is 5.69 Å². The van der Waals surface area contributed by atoms with Crippen LogP contribution in [0.25, 0.3) is 0 Å². The molecule has 1 aromatic carbocycles. The Balaban J connectivity index is 1.92. The third-order valence-electron chi connectivity index (χ3n) is 4.82. The number of hydrogen-bond donors (Lipinski definition) is 0. The monoisotopic (exact) mass is 273 g/mol. The van der Waals surface area contributed by atoms with Crippen molar-refractivity contribution in [2.24, 2.45) is 11.8 Å². The summed E-state index contributed by atoms with van der Waals surface area (Å²) < 4.78 is 5.32. The summed E-state index contributed by atoms with van der Waals surface area (Å²) in [6.07, 6.45) is 5.51. The van der Waals surface area contributed by atoms with Crippen LogP contribution < -0.4 is 9.64 Å². The first-order valence-electron chi connectivity index (χ1n) is 7.71. The number of carbonyl (C=O) groups excluding carboxylic acids is 1. The summed E-state index contributed by atoms with van der Waals surface area (Å²) in [5.41, 5.74) is 2.36. The molecule has 108 valence electrons. The van der Waals surface area contributed by atoms with E-state index in [0.29, 0.717) is 11.8 Å². The quantitative estimate of drug-likeness (QED) is 0.844. The number of benzene rings is 1. The summed E-state index contributed by atoms with van der Waals surface area (Å²) in [6.45, 7) is 3.09. The number of anilines is 1. The smallest absolute Gasteiger partial charge is 0.230 e. The van der Waals surface area contributed by atoms with Gasteiger partial charge in [0.1, 0.15) is 5.75 Å². The van der Waals surface area contributed by atoms with Gasteiger partial charge in [-0.15, -0.1) is 0 Å². The summed E-state index contributed by atoms with van der Waals surface area (Å²) in [7, 11) is 1.69. The van der Waals surface area contributed by atoms with E-state index in [1.807, 2.05) is 11.0 Å². The van der Waals surface area contributed by atoms with Gasteiger partial charge < -0.3 is 9.64 Å². The first-order chi connectivity index (χ1) is 9.72. The number of rotatable bonds is 3. The summed E-state index contributed by atoms with van der Waals surface area (Å²) in [4.78, 5) is 14.7. The van der Waals surface area contributed by atoms with Gasteiger partial charge in [-0.05, 0) is 48.9 Å². The third kappa shape index (κ3) is 2.30. The van der Waals surface area contributed by atoms with E-state index in [1.165, 1.54) is 12.0 Å². The second-order valence-corrected chi connectivity index (χ2v) is 6.05. The summed E-state index contributed by atoms with van der Waals surface area (Å²) in [6, 6.07) is 6.11. The van der Waals surface area contributed by atoms with Crippen LogP contribution in [0.15, 0.2) is 18.2 Å². The van der Waals surface area contributed by atoms with Crippen molar-refractivity contribution >= 4 is 11.6 Å². The summed E-state index contributed by atoms with van der Waals surface area (Å²) >= 11 is 0. The van der Waals surface area contributed by atoms with Crippen LogP contribution in [0, 0.1) is 11.8 Å². The van der Waals surface area contributed by atoms with Gasteiger partial charge in [0.25, 0.3) is 0 Å². The lowest BCUT2D eigenvalue weighted by atomic mass is 9.82. The lowest BCUT2D eigenvalue weighted by Gasteiger charge is -2.38. The molecule has 20 heavy (non-hydrogen) atoms. The molecule has 1 heterocycles.